The summed E-state index contributed by atoms with van der Waals surface area (Å²) >= 11 is 5.82. The number of hydrogen-bond donors (Lipinski definition) is 2. The average molecular weight is 473 g/mol. The van der Waals surface area contributed by atoms with Crippen molar-refractivity contribution in [1.82, 2.24) is 5.32 Å². The van der Waals surface area contributed by atoms with Crippen LogP contribution in [0, 0.1) is 0 Å². The van der Waals surface area contributed by atoms with Crippen LogP contribution in [-0.4, -0.2) is 27.0 Å². The molecule has 0 aliphatic carbocycles. The Hall–Kier alpha value is -3.03. The number of halogens is 1. The molecule has 1 amide bonds. The van der Waals surface area contributed by atoms with Crippen molar-refractivity contribution in [2.45, 2.75) is 30.7 Å². The van der Waals surface area contributed by atoms with Crippen molar-refractivity contribution >= 4 is 33.2 Å². The number of hydrogen-bond acceptors (Lipinski definition) is 4. The minimum atomic E-state index is -3.75. The Bertz CT molecular complexity index is 1120. The van der Waals surface area contributed by atoms with Crippen molar-refractivity contribution in [3.63, 3.8) is 0 Å². The molecule has 0 unspecified atom stereocenters. The Balaban J connectivity index is 1.46. The van der Waals surface area contributed by atoms with Gasteiger partial charge in [-0.2, -0.15) is 0 Å². The first-order chi connectivity index (χ1) is 15.3. The molecule has 6 nitrogen and oxygen atoms in total. The predicted octanol–water partition coefficient (Wildman–Crippen LogP) is 4.66. The standard InChI is InChI=1S/C24H25ClN2O4S/c1-18(7-8-19-5-3-2-4-6-19)26-24(28)17-31-22-13-15-23(16-14-22)32(29,30)27-21-11-9-20(25)10-12-21/h2-6,9-16,18,27H,7-8,17H2,1H3,(H,26,28)/t18-/m0/s1. The van der Waals surface area contributed by atoms with E-state index < -0.39 is 10.0 Å². The summed E-state index contributed by atoms with van der Waals surface area (Å²) in [4.78, 5) is 12.2. The number of ether oxygens (including phenoxy) is 1. The third kappa shape index (κ3) is 7.28. The largest absolute Gasteiger partial charge is 0.484 e. The highest BCUT2D eigenvalue weighted by Gasteiger charge is 2.15. The Morgan fingerprint density at radius 1 is 0.969 bits per heavy atom. The Morgan fingerprint density at radius 2 is 1.62 bits per heavy atom. The SMILES string of the molecule is C[C@@H](CCc1ccccc1)NC(=O)COc1ccc(S(=O)(=O)Nc2ccc(Cl)cc2)cc1. The van der Waals surface area contributed by atoms with Gasteiger partial charge in [0.05, 0.1) is 4.90 Å². The van der Waals surface area contributed by atoms with E-state index in [1.807, 2.05) is 25.1 Å². The minimum Gasteiger partial charge on any atom is -0.484 e. The van der Waals surface area contributed by atoms with E-state index in [4.69, 9.17) is 16.3 Å². The van der Waals surface area contributed by atoms with Gasteiger partial charge in [0.1, 0.15) is 5.75 Å². The molecular weight excluding hydrogens is 448 g/mol. The van der Waals surface area contributed by atoms with Crippen molar-refractivity contribution in [1.29, 1.82) is 0 Å². The molecule has 0 aromatic heterocycles. The minimum absolute atomic E-state index is 0.0118. The van der Waals surface area contributed by atoms with Gasteiger partial charge in [-0.3, -0.25) is 9.52 Å². The number of anilines is 1. The first-order valence-corrected chi connectivity index (χ1v) is 12.0. The number of rotatable bonds is 10. The number of benzene rings is 3. The lowest BCUT2D eigenvalue weighted by Crippen LogP contribution is -2.36. The highest BCUT2D eigenvalue weighted by Crippen LogP contribution is 2.20. The van der Waals surface area contributed by atoms with Crippen LogP contribution in [-0.2, 0) is 21.2 Å². The second-order valence-corrected chi connectivity index (χ2v) is 9.48. The van der Waals surface area contributed by atoms with Gasteiger partial charge >= 0.3 is 0 Å². The van der Waals surface area contributed by atoms with Crippen LogP contribution in [0.5, 0.6) is 5.75 Å². The maximum Gasteiger partial charge on any atom is 0.261 e. The highest BCUT2D eigenvalue weighted by molar-refractivity contribution is 7.92. The highest BCUT2D eigenvalue weighted by atomic mass is 35.5. The van der Waals surface area contributed by atoms with Gasteiger partial charge in [0.25, 0.3) is 15.9 Å². The monoisotopic (exact) mass is 472 g/mol. The van der Waals surface area contributed by atoms with E-state index in [0.717, 1.165) is 12.8 Å². The van der Waals surface area contributed by atoms with Gasteiger partial charge in [-0.25, -0.2) is 8.42 Å². The first kappa shape index (κ1) is 23.6. The summed E-state index contributed by atoms with van der Waals surface area (Å²) in [6.45, 7) is 1.80. The molecule has 0 bridgehead atoms. The van der Waals surface area contributed by atoms with E-state index in [-0.39, 0.29) is 23.5 Å². The maximum atomic E-state index is 12.5. The van der Waals surface area contributed by atoms with E-state index in [2.05, 4.69) is 22.2 Å². The van der Waals surface area contributed by atoms with Crippen LogP contribution in [0.2, 0.25) is 5.02 Å². The Morgan fingerprint density at radius 3 is 2.28 bits per heavy atom. The van der Waals surface area contributed by atoms with Crippen LogP contribution in [0.1, 0.15) is 18.9 Å². The molecule has 0 spiro atoms. The fraction of sp³-hybridized carbons (Fsp3) is 0.208. The molecule has 3 aromatic carbocycles. The van der Waals surface area contributed by atoms with Crippen LogP contribution < -0.4 is 14.8 Å². The van der Waals surface area contributed by atoms with Crippen molar-refractivity contribution in [2.24, 2.45) is 0 Å². The summed E-state index contributed by atoms with van der Waals surface area (Å²) in [7, 11) is -3.75. The fourth-order valence-electron chi connectivity index (χ4n) is 3.01. The summed E-state index contributed by atoms with van der Waals surface area (Å²) in [6.07, 6.45) is 1.70. The maximum absolute atomic E-state index is 12.5. The fourth-order valence-corrected chi connectivity index (χ4v) is 4.20. The van der Waals surface area contributed by atoms with Gasteiger partial charge in [-0.15, -0.1) is 0 Å². The summed E-state index contributed by atoms with van der Waals surface area (Å²) in [5.74, 6) is 0.175. The lowest BCUT2D eigenvalue weighted by Gasteiger charge is -2.14. The van der Waals surface area contributed by atoms with Gasteiger partial charge in [0, 0.05) is 16.8 Å². The number of carbonyl (C=O) groups excluding carboxylic acids is 1. The molecule has 0 saturated heterocycles. The number of aryl methyl sites for hydroxylation is 1. The van der Waals surface area contributed by atoms with Crippen molar-refractivity contribution < 1.29 is 17.9 Å². The zero-order valence-electron chi connectivity index (χ0n) is 17.6. The van der Waals surface area contributed by atoms with Gasteiger partial charge in [0.15, 0.2) is 6.61 Å². The molecule has 1 atom stereocenters. The molecule has 0 radical (unpaired) electrons. The summed E-state index contributed by atoms with van der Waals surface area (Å²) in [6, 6.07) is 22.4. The molecule has 0 aliphatic heterocycles. The van der Waals surface area contributed by atoms with E-state index >= 15 is 0 Å². The average Bonchev–Trinajstić information content (AvgIpc) is 2.79. The van der Waals surface area contributed by atoms with Crippen LogP contribution in [0.3, 0.4) is 0 Å². The third-order valence-corrected chi connectivity index (χ3v) is 6.37. The topological polar surface area (TPSA) is 84.5 Å². The quantitative estimate of drug-likeness (QED) is 0.449. The summed E-state index contributed by atoms with van der Waals surface area (Å²) < 4.78 is 33.0. The third-order valence-electron chi connectivity index (χ3n) is 4.72. The molecule has 0 saturated carbocycles. The van der Waals surface area contributed by atoms with E-state index in [1.54, 1.807) is 24.3 Å². The van der Waals surface area contributed by atoms with Crippen LogP contribution in [0.15, 0.2) is 83.8 Å². The van der Waals surface area contributed by atoms with Gasteiger partial charge in [0.2, 0.25) is 0 Å². The lowest BCUT2D eigenvalue weighted by atomic mass is 10.1. The Labute approximate surface area is 193 Å². The van der Waals surface area contributed by atoms with Crippen molar-refractivity contribution in [3.8, 4) is 5.75 Å². The van der Waals surface area contributed by atoms with Gasteiger partial charge < -0.3 is 10.1 Å². The van der Waals surface area contributed by atoms with Crippen LogP contribution in [0.25, 0.3) is 0 Å². The molecule has 0 aliphatic rings. The molecule has 0 fully saturated rings. The molecule has 2 N–H and O–H groups in total. The second kappa shape index (κ2) is 11.0. The van der Waals surface area contributed by atoms with E-state index in [1.165, 1.54) is 29.8 Å². The molecular formula is C24H25ClN2O4S. The number of carbonyl (C=O) groups is 1. The zero-order valence-corrected chi connectivity index (χ0v) is 19.2. The van der Waals surface area contributed by atoms with E-state index in [0.29, 0.717) is 16.5 Å². The summed E-state index contributed by atoms with van der Waals surface area (Å²) in [5, 5.41) is 3.43. The number of nitrogens with one attached hydrogen (secondary N) is 2. The van der Waals surface area contributed by atoms with Crippen LogP contribution >= 0.6 is 11.6 Å². The normalized spacial score (nSPS) is 12.1. The molecule has 3 aromatic rings. The van der Waals surface area contributed by atoms with Gasteiger partial charge in [-0.1, -0.05) is 41.9 Å². The second-order valence-electron chi connectivity index (χ2n) is 7.37. The first-order valence-electron chi connectivity index (χ1n) is 10.2. The molecule has 3 rings (SSSR count). The van der Waals surface area contributed by atoms with Crippen molar-refractivity contribution in [2.75, 3.05) is 11.3 Å². The number of sulfonamides is 1. The molecule has 32 heavy (non-hydrogen) atoms. The molecule has 8 heteroatoms. The lowest BCUT2D eigenvalue weighted by molar-refractivity contribution is -0.123. The van der Waals surface area contributed by atoms with Gasteiger partial charge in [-0.05, 0) is 73.9 Å². The number of amides is 1. The zero-order chi connectivity index (χ0) is 23.0. The van der Waals surface area contributed by atoms with E-state index in [9.17, 15) is 13.2 Å². The smallest absolute Gasteiger partial charge is 0.261 e. The Kier molecular flexibility index (Phi) is 8.14. The summed E-state index contributed by atoms with van der Waals surface area (Å²) in [5.41, 5.74) is 1.64. The molecule has 168 valence electrons. The van der Waals surface area contributed by atoms with Crippen molar-refractivity contribution in [3.05, 3.63) is 89.4 Å². The molecule has 0 heterocycles. The van der Waals surface area contributed by atoms with Crippen LogP contribution in [0.4, 0.5) is 5.69 Å². The predicted molar refractivity (Wildman–Crippen MR) is 127 cm³/mol.